The maximum absolute atomic E-state index is 9.60. The molecule has 2 aromatic rings. The van der Waals surface area contributed by atoms with Gasteiger partial charge in [0.05, 0.1) is 19.3 Å². The molecule has 0 aliphatic carbocycles. The summed E-state index contributed by atoms with van der Waals surface area (Å²) in [6.07, 6.45) is -0.697. The minimum Gasteiger partial charge on any atom is -0.389 e. The number of nitrogens with one attached hydrogen (secondary N) is 1. The van der Waals surface area contributed by atoms with Crippen molar-refractivity contribution in [2.24, 2.45) is 0 Å². The van der Waals surface area contributed by atoms with E-state index in [2.05, 4.69) is 5.32 Å². The first kappa shape index (κ1) is 19.8. The largest absolute Gasteiger partial charge is 0.389 e. The average Bonchev–Trinajstić information content (AvgIpc) is 2.95. The fourth-order valence-electron chi connectivity index (χ4n) is 3.19. The van der Waals surface area contributed by atoms with Crippen LogP contribution in [0.1, 0.15) is 38.0 Å². The van der Waals surface area contributed by atoms with Gasteiger partial charge in [0.1, 0.15) is 12.2 Å². The Morgan fingerprint density at radius 2 is 1.70 bits per heavy atom. The number of anilines is 1. The maximum Gasteiger partial charge on any atom is 0.163 e. The molecule has 0 bridgehead atoms. The van der Waals surface area contributed by atoms with Crippen LogP contribution in [0.2, 0.25) is 0 Å². The molecule has 0 aromatic heterocycles. The minimum atomic E-state index is -0.622. The lowest BCUT2D eigenvalue weighted by atomic mass is 10.1. The van der Waals surface area contributed by atoms with Crippen molar-refractivity contribution < 1.29 is 19.3 Å². The van der Waals surface area contributed by atoms with Crippen molar-refractivity contribution in [1.82, 2.24) is 0 Å². The Kier molecular flexibility index (Phi) is 6.50. The van der Waals surface area contributed by atoms with Gasteiger partial charge in [0.25, 0.3) is 0 Å². The summed E-state index contributed by atoms with van der Waals surface area (Å²) in [5.41, 5.74) is 3.02. The third-order valence-corrected chi connectivity index (χ3v) is 4.58. The van der Waals surface area contributed by atoms with Crippen molar-refractivity contribution in [3.05, 3.63) is 65.7 Å². The highest BCUT2D eigenvalue weighted by molar-refractivity contribution is 5.45. The van der Waals surface area contributed by atoms with E-state index >= 15 is 0 Å². The normalized spacial score (nSPS) is 22.5. The summed E-state index contributed by atoms with van der Waals surface area (Å²) in [7, 11) is 0. The third kappa shape index (κ3) is 5.78. The van der Waals surface area contributed by atoms with Crippen LogP contribution in [-0.4, -0.2) is 36.3 Å². The molecule has 1 aliphatic rings. The van der Waals surface area contributed by atoms with Crippen LogP contribution >= 0.6 is 0 Å². The molecular formula is C22H29NO4. The highest BCUT2D eigenvalue weighted by atomic mass is 16.8. The zero-order chi connectivity index (χ0) is 19.3. The molecule has 5 heteroatoms. The Bertz CT molecular complexity index is 700. The predicted molar refractivity (Wildman–Crippen MR) is 105 cm³/mol. The molecular weight excluding hydrogens is 342 g/mol. The van der Waals surface area contributed by atoms with Gasteiger partial charge in [0, 0.05) is 12.2 Å². The average molecular weight is 371 g/mol. The second-order valence-electron chi connectivity index (χ2n) is 7.39. The molecule has 1 saturated heterocycles. The quantitative estimate of drug-likeness (QED) is 0.737. The molecule has 1 aliphatic heterocycles. The molecule has 0 saturated carbocycles. The van der Waals surface area contributed by atoms with Gasteiger partial charge in [-0.1, -0.05) is 42.5 Å². The molecule has 3 atom stereocenters. The van der Waals surface area contributed by atoms with E-state index in [0.29, 0.717) is 19.8 Å². The lowest BCUT2D eigenvalue weighted by molar-refractivity contribution is -0.150. The molecule has 3 rings (SSSR count). The topological polar surface area (TPSA) is 60.0 Å². The zero-order valence-corrected chi connectivity index (χ0v) is 16.2. The van der Waals surface area contributed by atoms with Crippen molar-refractivity contribution >= 4 is 5.69 Å². The van der Waals surface area contributed by atoms with E-state index in [1.807, 2.05) is 68.4 Å². The van der Waals surface area contributed by atoms with E-state index in [1.54, 1.807) is 6.92 Å². The monoisotopic (exact) mass is 371 g/mol. The van der Waals surface area contributed by atoms with Crippen molar-refractivity contribution in [1.29, 1.82) is 0 Å². The first-order valence-electron chi connectivity index (χ1n) is 9.42. The second-order valence-corrected chi connectivity index (χ2v) is 7.39. The number of hydrogen-bond donors (Lipinski definition) is 2. The van der Waals surface area contributed by atoms with Gasteiger partial charge < -0.3 is 24.6 Å². The molecule has 2 aromatic carbocycles. The Balaban J connectivity index is 1.52. The number of ether oxygens (including phenoxy) is 3. The third-order valence-electron chi connectivity index (χ3n) is 4.58. The van der Waals surface area contributed by atoms with Crippen LogP contribution < -0.4 is 5.32 Å². The Hall–Kier alpha value is -1.92. The standard InChI is InChI=1S/C22H29NO4/c1-16(24)18-9-11-19(12-10-18)23-13-20-21(27-22(2,3)26-20)15-25-14-17-7-5-4-6-8-17/h4-12,16,20-21,23-24H,13-15H2,1-3H3. The van der Waals surface area contributed by atoms with Crippen LogP contribution in [0.3, 0.4) is 0 Å². The number of hydrogen-bond acceptors (Lipinski definition) is 5. The summed E-state index contributed by atoms with van der Waals surface area (Å²) < 4.78 is 17.9. The highest BCUT2D eigenvalue weighted by Crippen LogP contribution is 2.29. The lowest BCUT2D eigenvalue weighted by Gasteiger charge is -2.18. The number of aliphatic hydroxyl groups excluding tert-OH is 1. The van der Waals surface area contributed by atoms with Crippen LogP contribution in [0, 0.1) is 0 Å². The highest BCUT2D eigenvalue weighted by Gasteiger charge is 2.41. The molecule has 0 radical (unpaired) electrons. The summed E-state index contributed by atoms with van der Waals surface area (Å²) >= 11 is 0. The zero-order valence-electron chi connectivity index (χ0n) is 16.2. The first-order valence-corrected chi connectivity index (χ1v) is 9.42. The van der Waals surface area contributed by atoms with E-state index < -0.39 is 11.9 Å². The lowest BCUT2D eigenvalue weighted by Crippen LogP contribution is -2.33. The molecule has 0 spiro atoms. The second kappa shape index (κ2) is 8.85. The molecule has 27 heavy (non-hydrogen) atoms. The first-order chi connectivity index (χ1) is 12.9. The smallest absolute Gasteiger partial charge is 0.163 e. The molecule has 3 unspecified atom stereocenters. The number of benzene rings is 2. The van der Waals surface area contributed by atoms with Gasteiger partial charge in [-0.2, -0.15) is 0 Å². The van der Waals surface area contributed by atoms with Crippen molar-refractivity contribution in [2.75, 3.05) is 18.5 Å². The van der Waals surface area contributed by atoms with Crippen molar-refractivity contribution in [3.8, 4) is 0 Å². The van der Waals surface area contributed by atoms with Gasteiger partial charge in [0.15, 0.2) is 5.79 Å². The number of aliphatic hydroxyl groups is 1. The van der Waals surface area contributed by atoms with Gasteiger partial charge in [-0.25, -0.2) is 0 Å². The van der Waals surface area contributed by atoms with Gasteiger partial charge in [0.2, 0.25) is 0 Å². The van der Waals surface area contributed by atoms with E-state index in [-0.39, 0.29) is 12.2 Å². The van der Waals surface area contributed by atoms with Crippen LogP contribution in [0.15, 0.2) is 54.6 Å². The Morgan fingerprint density at radius 1 is 1.04 bits per heavy atom. The predicted octanol–water partition coefficient (Wildman–Crippen LogP) is 3.89. The van der Waals surface area contributed by atoms with Gasteiger partial charge in [-0.05, 0) is 44.0 Å². The van der Waals surface area contributed by atoms with Gasteiger partial charge in [-0.15, -0.1) is 0 Å². The maximum atomic E-state index is 9.60. The van der Waals surface area contributed by atoms with Crippen LogP contribution in [-0.2, 0) is 20.8 Å². The summed E-state index contributed by atoms with van der Waals surface area (Å²) in [5, 5.41) is 13.0. The molecule has 2 N–H and O–H groups in total. The fraction of sp³-hybridized carbons (Fsp3) is 0.455. The van der Waals surface area contributed by atoms with Crippen molar-refractivity contribution in [2.45, 2.75) is 51.5 Å². The molecule has 0 amide bonds. The van der Waals surface area contributed by atoms with Gasteiger partial charge >= 0.3 is 0 Å². The van der Waals surface area contributed by atoms with E-state index in [1.165, 1.54) is 0 Å². The van der Waals surface area contributed by atoms with Crippen LogP contribution in [0.25, 0.3) is 0 Å². The van der Waals surface area contributed by atoms with E-state index in [9.17, 15) is 5.11 Å². The van der Waals surface area contributed by atoms with E-state index in [4.69, 9.17) is 14.2 Å². The summed E-state index contributed by atoms with van der Waals surface area (Å²) in [6, 6.07) is 17.9. The SMILES string of the molecule is CC(O)c1ccc(NCC2OC(C)(C)OC2COCc2ccccc2)cc1. The fourth-order valence-corrected chi connectivity index (χ4v) is 3.19. The van der Waals surface area contributed by atoms with Crippen LogP contribution in [0.4, 0.5) is 5.69 Å². The molecule has 5 nitrogen and oxygen atoms in total. The summed E-state index contributed by atoms with van der Waals surface area (Å²) in [4.78, 5) is 0. The summed E-state index contributed by atoms with van der Waals surface area (Å²) in [5.74, 6) is -0.622. The van der Waals surface area contributed by atoms with Gasteiger partial charge in [-0.3, -0.25) is 0 Å². The number of rotatable bonds is 8. The van der Waals surface area contributed by atoms with E-state index in [0.717, 1.165) is 16.8 Å². The Morgan fingerprint density at radius 3 is 2.37 bits per heavy atom. The molecule has 146 valence electrons. The Labute approximate surface area is 161 Å². The molecule has 1 heterocycles. The summed E-state index contributed by atoms with van der Waals surface area (Å²) in [6.45, 7) is 7.27. The van der Waals surface area contributed by atoms with Crippen molar-refractivity contribution in [3.63, 3.8) is 0 Å². The molecule has 1 fully saturated rings. The minimum absolute atomic E-state index is 0.104. The van der Waals surface area contributed by atoms with Crippen LogP contribution in [0.5, 0.6) is 0 Å².